The zero-order valence-electron chi connectivity index (χ0n) is 8.19. The Kier molecular flexibility index (Phi) is 7.76. The topological polar surface area (TPSA) is 145 Å². The number of aliphatic carboxylic acids is 1. The van der Waals surface area contributed by atoms with Gasteiger partial charge in [-0.2, -0.15) is 0 Å². The Morgan fingerprint density at radius 3 is 1.93 bits per heavy atom. The van der Waals surface area contributed by atoms with E-state index < -0.39 is 31.5 Å². The third-order valence-corrected chi connectivity index (χ3v) is 1.02. The summed E-state index contributed by atoms with van der Waals surface area (Å²) in [5.74, 6) is -3.48. The minimum atomic E-state index is -2.47. The van der Waals surface area contributed by atoms with Crippen LogP contribution in [0, 0.1) is 0 Å². The normalized spacial score (nSPS) is 13.4. The molecule has 0 rings (SSSR count). The van der Waals surface area contributed by atoms with Crippen molar-refractivity contribution in [3.8, 4) is 0 Å². The maximum atomic E-state index is 10.5. The van der Waals surface area contributed by atoms with E-state index in [1.54, 1.807) is 0 Å². The van der Waals surface area contributed by atoms with Gasteiger partial charge in [0, 0.05) is 0 Å². The quantitative estimate of drug-likeness (QED) is 0.283. The Balaban J connectivity index is -0.000000720. The van der Waals surface area contributed by atoms with Crippen molar-refractivity contribution >= 4 is 19.3 Å². The number of aliphatic hydroxyl groups excluding tert-OH is 2. The van der Waals surface area contributed by atoms with Gasteiger partial charge in [-0.3, -0.25) is 4.79 Å². The molecule has 0 saturated carbocycles. The van der Waals surface area contributed by atoms with Gasteiger partial charge in [0.1, 0.15) is 0 Å². The predicted octanol–water partition coefficient (Wildman–Crippen LogP) is -6.58. The van der Waals surface area contributed by atoms with E-state index in [-0.39, 0.29) is 20.3 Å². The van der Waals surface area contributed by atoms with E-state index in [9.17, 15) is 9.59 Å². The Labute approximate surface area is 92.0 Å². The van der Waals surface area contributed by atoms with Crippen molar-refractivity contribution in [3.63, 3.8) is 0 Å². The summed E-state index contributed by atoms with van der Waals surface area (Å²) in [7, 11) is -2.47. The van der Waals surface area contributed by atoms with Crippen LogP contribution in [0.2, 0.25) is 0 Å². The molecule has 2 unspecified atom stereocenters. The fraction of sp³-hybridized carbons (Fsp3) is 0.500. The summed E-state index contributed by atoms with van der Waals surface area (Å²) in [5.41, 5.74) is 0. The van der Waals surface area contributed by atoms with Crippen LogP contribution in [-0.2, 0) is 14.2 Å². The van der Waals surface area contributed by atoms with Crippen LogP contribution in [0.25, 0.3) is 0 Å². The minimum absolute atomic E-state index is 0. The van der Waals surface area contributed by atoms with Crippen LogP contribution >= 0.6 is 0 Å². The molecule has 14 heavy (non-hydrogen) atoms. The van der Waals surface area contributed by atoms with Crippen molar-refractivity contribution in [3.05, 3.63) is 0 Å². The number of hydrogen-bond acceptors (Lipinski definition) is 7. The van der Waals surface area contributed by atoms with Gasteiger partial charge in [0.05, 0.1) is 0 Å². The van der Waals surface area contributed by atoms with E-state index >= 15 is 0 Å². The number of carbonyl (C=O) groups excluding carboxylic acids is 1. The Morgan fingerprint density at radius 1 is 1.21 bits per heavy atom. The molecule has 0 fully saturated rings. The molecule has 0 bridgehead atoms. The molecular weight excluding hydrogens is 194 g/mol. The van der Waals surface area contributed by atoms with E-state index in [2.05, 4.69) is 4.65 Å². The molecule has 2 atom stereocenters. The molecule has 0 saturated heterocycles. The van der Waals surface area contributed by atoms with E-state index in [1.807, 2.05) is 0 Å². The van der Waals surface area contributed by atoms with Gasteiger partial charge in [-0.05, 0) is 0 Å². The molecule has 76 valence electrons. The summed E-state index contributed by atoms with van der Waals surface area (Å²) in [5, 5.41) is 41.5. The van der Waals surface area contributed by atoms with E-state index in [0.29, 0.717) is 0 Å². The Bertz CT molecular complexity index is 213. The van der Waals surface area contributed by atoms with Crippen molar-refractivity contribution in [2.24, 2.45) is 0 Å². The van der Waals surface area contributed by atoms with Gasteiger partial charge >= 0.3 is 38.1 Å². The number of aliphatic hydroxyl groups is 2. The first-order valence-electron chi connectivity index (χ1n) is 3.02. The Hall–Kier alpha value is -0.558. The molecule has 0 spiro atoms. The minimum Gasteiger partial charge on any atom is -1.00 e. The van der Waals surface area contributed by atoms with Gasteiger partial charge in [0.15, 0.2) is 12.2 Å². The average molecular weight is 202 g/mol. The van der Waals surface area contributed by atoms with Crippen molar-refractivity contribution in [2.75, 3.05) is 0 Å². The number of hydrogen-bond donors (Lipinski definition) is 5. The fourth-order valence-corrected chi connectivity index (χ4v) is 0.438. The second-order valence-corrected chi connectivity index (χ2v) is 1.99. The molecule has 8 nitrogen and oxygen atoms in total. The smallest absolute Gasteiger partial charge is 1.00 e. The summed E-state index contributed by atoms with van der Waals surface area (Å²) in [6.45, 7) is 0. The van der Waals surface area contributed by atoms with E-state index in [1.165, 1.54) is 0 Å². The number of rotatable bonds is 4. The molecule has 0 amide bonds. The second kappa shape index (κ2) is 6.83. The largest absolute Gasteiger partial charge is 1.00 e. The SMILES string of the molecule is O=C(O)C(O)C(O)C(=O)OB(O)O.[H-].[Li+]. The first kappa shape index (κ1) is 15.9. The second-order valence-electron chi connectivity index (χ2n) is 1.99. The Morgan fingerprint density at radius 2 is 1.64 bits per heavy atom. The maximum absolute atomic E-state index is 10.5. The van der Waals surface area contributed by atoms with Gasteiger partial charge in [0.2, 0.25) is 0 Å². The first-order valence-corrected chi connectivity index (χ1v) is 3.02. The van der Waals surface area contributed by atoms with Crippen LogP contribution in [0.1, 0.15) is 1.43 Å². The van der Waals surface area contributed by atoms with Gasteiger partial charge in [-0.1, -0.05) is 0 Å². The summed E-state index contributed by atoms with van der Waals surface area (Å²) in [6.07, 6.45) is -4.73. The van der Waals surface area contributed by atoms with Crippen molar-refractivity contribution in [1.82, 2.24) is 0 Å². The zero-order valence-corrected chi connectivity index (χ0v) is 7.19. The van der Waals surface area contributed by atoms with Crippen molar-refractivity contribution in [2.45, 2.75) is 12.2 Å². The summed E-state index contributed by atoms with van der Waals surface area (Å²) < 4.78 is 3.58. The van der Waals surface area contributed by atoms with Crippen LogP contribution in [0.4, 0.5) is 0 Å². The van der Waals surface area contributed by atoms with Crippen molar-refractivity contribution < 1.29 is 59.9 Å². The molecule has 10 heteroatoms. The van der Waals surface area contributed by atoms with Gasteiger partial charge in [0.25, 0.3) is 0 Å². The van der Waals surface area contributed by atoms with Crippen LogP contribution in [0.3, 0.4) is 0 Å². The molecule has 0 aromatic heterocycles. The number of carboxylic acid groups (broad SMARTS) is 1. The van der Waals surface area contributed by atoms with E-state index in [4.69, 9.17) is 25.4 Å². The molecule has 0 radical (unpaired) electrons. The van der Waals surface area contributed by atoms with Crippen LogP contribution in [0.5, 0.6) is 0 Å². The first-order chi connectivity index (χ1) is 5.86. The summed E-state index contributed by atoms with van der Waals surface area (Å²) in [6, 6.07) is 0. The molecular formula is C4H8BLiO8. The molecule has 5 N–H and O–H groups in total. The molecule has 0 aliphatic carbocycles. The molecule has 0 heterocycles. The average Bonchev–Trinajstić information content (AvgIpc) is 2.00. The van der Waals surface area contributed by atoms with Gasteiger partial charge < -0.3 is 31.4 Å². The zero-order chi connectivity index (χ0) is 10.6. The fourth-order valence-electron chi connectivity index (χ4n) is 0.438. The number of carbonyl (C=O) groups is 2. The third-order valence-electron chi connectivity index (χ3n) is 1.02. The summed E-state index contributed by atoms with van der Waals surface area (Å²) >= 11 is 0. The molecule has 0 aromatic carbocycles. The van der Waals surface area contributed by atoms with Crippen LogP contribution in [0.15, 0.2) is 0 Å². The standard InChI is InChI=1S/C4H7BO8.Li.H/c6-1(3(8)9)2(7)4(10)13-5(11)12;;/h1-2,6-7,11-12H,(H,8,9);;/q;+1;-1. The van der Waals surface area contributed by atoms with Crippen molar-refractivity contribution in [1.29, 1.82) is 0 Å². The van der Waals surface area contributed by atoms with E-state index in [0.717, 1.165) is 0 Å². The maximum Gasteiger partial charge on any atom is 1.00 e. The van der Waals surface area contributed by atoms with Crippen LogP contribution in [-0.4, -0.2) is 56.8 Å². The summed E-state index contributed by atoms with van der Waals surface area (Å²) in [4.78, 5) is 20.5. The predicted molar refractivity (Wildman–Crippen MR) is 37.0 cm³/mol. The molecule has 0 aliphatic heterocycles. The number of carboxylic acids is 1. The molecule has 0 aromatic rings. The van der Waals surface area contributed by atoms with Crippen LogP contribution < -0.4 is 18.9 Å². The molecule has 0 aliphatic rings. The van der Waals surface area contributed by atoms with Gasteiger partial charge in [-0.15, -0.1) is 0 Å². The monoisotopic (exact) mass is 202 g/mol. The third kappa shape index (κ3) is 5.23. The van der Waals surface area contributed by atoms with Gasteiger partial charge in [-0.25, -0.2) is 4.79 Å².